The van der Waals surface area contributed by atoms with E-state index in [0.29, 0.717) is 23.4 Å². The molecule has 0 radical (unpaired) electrons. The molecule has 6 nitrogen and oxygen atoms in total. The number of amides is 1. The monoisotopic (exact) mass is 432 g/mol. The Morgan fingerprint density at radius 2 is 1.97 bits per heavy atom. The molecule has 164 valence electrons. The smallest absolute Gasteiger partial charge is 0.353 e. The van der Waals surface area contributed by atoms with Crippen LogP contribution in [-0.2, 0) is 15.8 Å². The van der Waals surface area contributed by atoms with E-state index < -0.39 is 17.8 Å². The fourth-order valence-corrected chi connectivity index (χ4v) is 3.29. The number of aldehydes is 1. The Kier molecular flexibility index (Phi) is 6.94. The molecule has 0 fully saturated rings. The summed E-state index contributed by atoms with van der Waals surface area (Å²) in [4.78, 5) is 30.8. The highest BCUT2D eigenvalue weighted by atomic mass is 19.4. The van der Waals surface area contributed by atoms with Crippen LogP contribution in [0.4, 0.5) is 19.1 Å². The van der Waals surface area contributed by atoms with Gasteiger partial charge < -0.3 is 20.4 Å². The van der Waals surface area contributed by atoms with Crippen molar-refractivity contribution in [2.45, 2.75) is 44.4 Å². The average Bonchev–Trinajstić information content (AvgIpc) is 3.15. The highest BCUT2D eigenvalue weighted by Crippen LogP contribution is 2.32. The van der Waals surface area contributed by atoms with Crippen molar-refractivity contribution in [3.8, 4) is 0 Å². The van der Waals surface area contributed by atoms with Crippen LogP contribution in [0.15, 0.2) is 48.5 Å². The molecule has 0 saturated carbocycles. The summed E-state index contributed by atoms with van der Waals surface area (Å²) >= 11 is 0. The van der Waals surface area contributed by atoms with Crippen LogP contribution < -0.4 is 10.6 Å². The molecule has 1 amide bonds. The van der Waals surface area contributed by atoms with Crippen molar-refractivity contribution in [1.82, 2.24) is 15.3 Å². The minimum atomic E-state index is -4.50. The lowest BCUT2D eigenvalue weighted by atomic mass is 10.00. The normalized spacial score (nSPS) is 13.5. The van der Waals surface area contributed by atoms with E-state index in [-0.39, 0.29) is 24.8 Å². The van der Waals surface area contributed by atoms with E-state index in [1.807, 2.05) is 25.1 Å². The molecule has 2 aromatic carbocycles. The molecular weight excluding hydrogens is 409 g/mol. The largest absolute Gasteiger partial charge is 0.416 e. The highest BCUT2D eigenvalue weighted by molar-refractivity contribution is 5.79. The molecule has 0 saturated heterocycles. The zero-order chi connectivity index (χ0) is 22.4. The first-order chi connectivity index (χ1) is 14.8. The van der Waals surface area contributed by atoms with E-state index in [0.717, 1.165) is 23.9 Å². The summed E-state index contributed by atoms with van der Waals surface area (Å²) < 4.78 is 39.6. The van der Waals surface area contributed by atoms with E-state index >= 15 is 0 Å². The quantitative estimate of drug-likeness (QED) is 0.431. The Bertz CT molecular complexity index is 1020. The van der Waals surface area contributed by atoms with Gasteiger partial charge in [0.2, 0.25) is 11.9 Å². The number of carbonyl (C=O) groups is 2. The predicted molar refractivity (Wildman–Crippen MR) is 111 cm³/mol. The second-order valence-corrected chi connectivity index (χ2v) is 7.20. The molecule has 3 aromatic rings. The van der Waals surface area contributed by atoms with Crippen LogP contribution in [-0.4, -0.2) is 28.2 Å². The number of para-hydroxylation sites is 2. The molecule has 0 spiro atoms. The van der Waals surface area contributed by atoms with Crippen molar-refractivity contribution in [1.29, 1.82) is 0 Å². The summed E-state index contributed by atoms with van der Waals surface area (Å²) in [5, 5.41) is 5.82. The van der Waals surface area contributed by atoms with Crippen LogP contribution >= 0.6 is 0 Å². The van der Waals surface area contributed by atoms with Crippen LogP contribution in [0.3, 0.4) is 0 Å². The van der Waals surface area contributed by atoms with Crippen molar-refractivity contribution < 1.29 is 22.8 Å². The van der Waals surface area contributed by atoms with Gasteiger partial charge in [-0.25, -0.2) is 4.98 Å². The first kappa shape index (κ1) is 22.3. The second kappa shape index (κ2) is 9.63. The Morgan fingerprint density at radius 3 is 2.65 bits per heavy atom. The predicted octanol–water partition coefficient (Wildman–Crippen LogP) is 4.61. The fourth-order valence-electron chi connectivity index (χ4n) is 3.29. The van der Waals surface area contributed by atoms with Crippen LogP contribution in [0, 0.1) is 0 Å². The third-order valence-corrected chi connectivity index (χ3v) is 4.94. The number of rotatable bonds is 9. The van der Waals surface area contributed by atoms with Gasteiger partial charge in [0.05, 0.1) is 29.1 Å². The molecule has 2 atom stereocenters. The number of nitrogens with one attached hydrogen (secondary N) is 3. The van der Waals surface area contributed by atoms with Gasteiger partial charge in [-0.1, -0.05) is 31.2 Å². The van der Waals surface area contributed by atoms with E-state index in [2.05, 4.69) is 20.6 Å². The summed E-state index contributed by atoms with van der Waals surface area (Å²) in [5.41, 5.74) is 0.951. The van der Waals surface area contributed by atoms with Crippen molar-refractivity contribution >= 4 is 29.2 Å². The molecule has 9 heteroatoms. The molecule has 2 unspecified atom stereocenters. The summed E-state index contributed by atoms with van der Waals surface area (Å²) in [6.45, 7) is 1.84. The first-order valence-corrected chi connectivity index (χ1v) is 9.91. The van der Waals surface area contributed by atoms with Gasteiger partial charge in [-0.05, 0) is 36.2 Å². The van der Waals surface area contributed by atoms with Gasteiger partial charge >= 0.3 is 6.18 Å². The number of aromatic amines is 1. The molecule has 0 aliphatic rings. The highest BCUT2D eigenvalue weighted by Gasteiger charge is 2.31. The lowest BCUT2D eigenvalue weighted by Gasteiger charge is -2.21. The lowest BCUT2D eigenvalue weighted by Crippen LogP contribution is -2.36. The second-order valence-electron chi connectivity index (χ2n) is 7.20. The number of fused-ring (bicyclic) bond motifs is 1. The van der Waals surface area contributed by atoms with Gasteiger partial charge in [0.15, 0.2) is 0 Å². The van der Waals surface area contributed by atoms with Crippen LogP contribution in [0.2, 0.25) is 0 Å². The van der Waals surface area contributed by atoms with E-state index in [9.17, 15) is 22.8 Å². The van der Waals surface area contributed by atoms with Crippen molar-refractivity contribution in [2.24, 2.45) is 0 Å². The Balaban J connectivity index is 1.87. The molecular formula is C22H23F3N4O2. The third-order valence-electron chi connectivity index (χ3n) is 4.94. The van der Waals surface area contributed by atoms with Crippen LogP contribution in [0.1, 0.15) is 43.4 Å². The molecule has 1 heterocycles. The number of benzene rings is 2. The van der Waals surface area contributed by atoms with Crippen LogP contribution in [0.25, 0.3) is 11.0 Å². The zero-order valence-electron chi connectivity index (χ0n) is 16.9. The topological polar surface area (TPSA) is 86.9 Å². The number of nitrogens with zero attached hydrogens (tertiary/aromatic N) is 1. The zero-order valence-corrected chi connectivity index (χ0v) is 16.9. The van der Waals surface area contributed by atoms with Gasteiger partial charge in [-0.3, -0.25) is 4.79 Å². The third kappa shape index (κ3) is 5.84. The summed E-state index contributed by atoms with van der Waals surface area (Å²) in [6, 6.07) is 11.0. The maximum absolute atomic E-state index is 13.2. The van der Waals surface area contributed by atoms with Gasteiger partial charge in [-0.2, -0.15) is 13.2 Å². The molecule has 0 aliphatic carbocycles. The summed E-state index contributed by atoms with van der Waals surface area (Å²) in [7, 11) is 0. The minimum absolute atomic E-state index is 0.131. The molecule has 31 heavy (non-hydrogen) atoms. The van der Waals surface area contributed by atoms with Gasteiger partial charge in [0.25, 0.3) is 0 Å². The van der Waals surface area contributed by atoms with Gasteiger partial charge in [0, 0.05) is 12.5 Å². The van der Waals surface area contributed by atoms with Gasteiger partial charge in [0.1, 0.15) is 6.29 Å². The fraction of sp³-hybridized carbons (Fsp3) is 0.318. The number of imidazole rings is 1. The molecule has 1 aromatic heterocycles. The number of halogens is 3. The number of alkyl halides is 3. The number of hydrogen-bond acceptors (Lipinski definition) is 4. The van der Waals surface area contributed by atoms with Crippen LogP contribution in [0.5, 0.6) is 0 Å². The number of anilines is 1. The minimum Gasteiger partial charge on any atom is -0.353 e. The number of carbonyl (C=O) groups excluding carboxylic acids is 2. The maximum Gasteiger partial charge on any atom is 0.416 e. The number of H-pyrrole nitrogens is 1. The van der Waals surface area contributed by atoms with Gasteiger partial charge in [-0.15, -0.1) is 0 Å². The molecule has 0 bridgehead atoms. The maximum atomic E-state index is 13.2. The molecule has 3 N–H and O–H groups in total. The average molecular weight is 432 g/mol. The SMILES string of the molecule is CCC(CC=O)NC(=O)CC(Nc1nc2ccccc2[nH]1)c1cccc(C(F)(F)F)c1. The van der Waals surface area contributed by atoms with Crippen molar-refractivity contribution in [3.05, 3.63) is 59.7 Å². The van der Waals surface area contributed by atoms with E-state index in [4.69, 9.17) is 0 Å². The van der Waals surface area contributed by atoms with Crippen molar-refractivity contribution in [2.75, 3.05) is 5.32 Å². The van der Waals surface area contributed by atoms with Crippen molar-refractivity contribution in [3.63, 3.8) is 0 Å². The lowest BCUT2D eigenvalue weighted by molar-refractivity contribution is -0.137. The van der Waals surface area contributed by atoms with E-state index in [1.54, 1.807) is 6.07 Å². The Hall–Kier alpha value is -3.36. The number of aromatic nitrogens is 2. The Morgan fingerprint density at radius 1 is 1.19 bits per heavy atom. The molecule has 3 rings (SSSR count). The summed E-state index contributed by atoms with van der Waals surface area (Å²) in [5.74, 6) is -0.0314. The van der Waals surface area contributed by atoms with E-state index in [1.165, 1.54) is 12.1 Å². The number of hydrogen-bond donors (Lipinski definition) is 3. The summed E-state index contributed by atoms with van der Waals surface area (Å²) in [6.07, 6.45) is -3.16. The Labute approximate surface area is 177 Å². The standard InChI is InChI=1S/C22H23F3N4O2/c1-2-16(10-11-30)26-20(31)13-19(14-6-5-7-15(12-14)22(23,24)25)29-21-27-17-8-3-4-9-18(17)28-21/h3-9,11-12,16,19H,2,10,13H2,1H3,(H,26,31)(H2,27,28,29). The first-order valence-electron chi connectivity index (χ1n) is 9.91. The molecule has 0 aliphatic heterocycles.